The number of nitrogens with zero attached hydrogens (tertiary/aromatic N) is 1. The molecule has 0 amide bonds. The van der Waals surface area contributed by atoms with Gasteiger partial charge in [0.05, 0.1) is 18.5 Å². The highest BCUT2D eigenvalue weighted by Gasteiger charge is 1.94. The Bertz CT molecular complexity index is 300. The summed E-state index contributed by atoms with van der Waals surface area (Å²) in [6.45, 7) is 1.09. The molecule has 74 valence electrons. The topological polar surface area (TPSA) is 48.1 Å². The zero-order valence-electron chi connectivity index (χ0n) is 8.07. The summed E-state index contributed by atoms with van der Waals surface area (Å²) >= 11 is 0. The smallest absolute Gasteiger partial charge is 0.137 e. The molecule has 1 aromatic heterocycles. The Labute approximate surface area is 84.3 Å². The highest BCUT2D eigenvalue weighted by atomic mass is 16.5. The average Bonchev–Trinajstić information content (AvgIpc) is 2.25. The van der Waals surface area contributed by atoms with Crippen molar-refractivity contribution in [3.8, 4) is 18.1 Å². The van der Waals surface area contributed by atoms with Gasteiger partial charge in [-0.15, -0.1) is 12.3 Å². The predicted molar refractivity (Wildman–Crippen MR) is 55.7 cm³/mol. The van der Waals surface area contributed by atoms with Gasteiger partial charge in [-0.3, -0.25) is 4.98 Å². The van der Waals surface area contributed by atoms with Gasteiger partial charge in [0.1, 0.15) is 5.75 Å². The fourth-order valence-corrected chi connectivity index (χ4v) is 0.981. The molecule has 0 unspecified atom stereocenters. The molecule has 14 heavy (non-hydrogen) atoms. The van der Waals surface area contributed by atoms with E-state index in [1.807, 2.05) is 12.1 Å². The van der Waals surface area contributed by atoms with Crippen molar-refractivity contribution in [3.63, 3.8) is 0 Å². The lowest BCUT2D eigenvalue weighted by atomic mass is 10.3. The first-order chi connectivity index (χ1) is 6.86. The first kappa shape index (κ1) is 10.6. The van der Waals surface area contributed by atoms with E-state index < -0.39 is 0 Å². The van der Waals surface area contributed by atoms with Crippen molar-refractivity contribution >= 4 is 0 Å². The van der Waals surface area contributed by atoms with Crippen LogP contribution in [0.5, 0.6) is 5.75 Å². The lowest BCUT2D eigenvalue weighted by Crippen LogP contribution is -2.01. The van der Waals surface area contributed by atoms with E-state index in [1.165, 1.54) is 0 Å². The van der Waals surface area contributed by atoms with Crippen molar-refractivity contribution in [2.75, 3.05) is 6.61 Å². The molecule has 1 heterocycles. The SMILES string of the molecule is C#CCCCOc1ccc(CN)nc1. The second-order valence-corrected chi connectivity index (χ2v) is 2.85. The van der Waals surface area contributed by atoms with E-state index in [0.29, 0.717) is 13.2 Å². The van der Waals surface area contributed by atoms with Gasteiger partial charge >= 0.3 is 0 Å². The minimum absolute atomic E-state index is 0.456. The Hall–Kier alpha value is -1.53. The summed E-state index contributed by atoms with van der Waals surface area (Å²) in [4.78, 5) is 4.11. The van der Waals surface area contributed by atoms with Gasteiger partial charge in [0.2, 0.25) is 0 Å². The fraction of sp³-hybridized carbons (Fsp3) is 0.364. The standard InChI is InChI=1S/C11H14N2O/c1-2-3-4-7-14-11-6-5-10(8-12)13-9-11/h1,5-6,9H,3-4,7-8,12H2. The monoisotopic (exact) mass is 190 g/mol. The van der Waals surface area contributed by atoms with Crippen LogP contribution in [0.4, 0.5) is 0 Å². The minimum atomic E-state index is 0.456. The summed E-state index contributed by atoms with van der Waals surface area (Å²) < 4.78 is 5.41. The zero-order valence-corrected chi connectivity index (χ0v) is 8.07. The van der Waals surface area contributed by atoms with Crippen molar-refractivity contribution < 1.29 is 4.74 Å². The quantitative estimate of drug-likeness (QED) is 0.563. The van der Waals surface area contributed by atoms with Crippen LogP contribution >= 0.6 is 0 Å². The molecule has 1 aromatic rings. The third-order valence-corrected chi connectivity index (χ3v) is 1.74. The van der Waals surface area contributed by atoms with Gasteiger partial charge in [-0.25, -0.2) is 0 Å². The maximum atomic E-state index is 5.41. The number of aromatic nitrogens is 1. The van der Waals surface area contributed by atoms with Gasteiger partial charge in [-0.05, 0) is 18.6 Å². The molecule has 2 N–H and O–H groups in total. The molecule has 0 atom stereocenters. The molecule has 0 aliphatic rings. The summed E-state index contributed by atoms with van der Waals surface area (Å²) in [5.74, 6) is 3.32. The molecule has 0 bridgehead atoms. The first-order valence-corrected chi connectivity index (χ1v) is 4.58. The average molecular weight is 190 g/mol. The van der Waals surface area contributed by atoms with Crippen molar-refractivity contribution in [1.82, 2.24) is 4.98 Å². The van der Waals surface area contributed by atoms with Crippen molar-refractivity contribution in [3.05, 3.63) is 24.0 Å². The number of ether oxygens (including phenoxy) is 1. The molecule has 3 nitrogen and oxygen atoms in total. The van der Waals surface area contributed by atoms with Crippen LogP contribution in [0.15, 0.2) is 18.3 Å². The van der Waals surface area contributed by atoms with Gasteiger partial charge in [-0.1, -0.05) is 0 Å². The van der Waals surface area contributed by atoms with Gasteiger partial charge in [0.25, 0.3) is 0 Å². The molecule has 1 rings (SSSR count). The van der Waals surface area contributed by atoms with Crippen LogP contribution in [0, 0.1) is 12.3 Å². The predicted octanol–water partition coefficient (Wildman–Crippen LogP) is 1.33. The van der Waals surface area contributed by atoms with Gasteiger partial charge in [-0.2, -0.15) is 0 Å². The molecule has 0 aliphatic heterocycles. The van der Waals surface area contributed by atoms with Crippen molar-refractivity contribution in [2.45, 2.75) is 19.4 Å². The fourth-order valence-electron chi connectivity index (χ4n) is 0.981. The van der Waals surface area contributed by atoms with Gasteiger partial charge < -0.3 is 10.5 Å². The molecule has 0 spiro atoms. The highest BCUT2D eigenvalue weighted by Crippen LogP contribution is 2.09. The highest BCUT2D eigenvalue weighted by molar-refractivity contribution is 5.19. The van der Waals surface area contributed by atoms with Crippen LogP contribution in [0.25, 0.3) is 0 Å². The first-order valence-electron chi connectivity index (χ1n) is 4.58. The number of pyridine rings is 1. The maximum absolute atomic E-state index is 5.41. The van der Waals surface area contributed by atoms with E-state index in [9.17, 15) is 0 Å². The van der Waals surface area contributed by atoms with Crippen LogP contribution in [0.1, 0.15) is 18.5 Å². The Morgan fingerprint density at radius 1 is 1.50 bits per heavy atom. The largest absolute Gasteiger partial charge is 0.492 e. The van der Waals surface area contributed by atoms with Crippen LogP contribution < -0.4 is 10.5 Å². The van der Waals surface area contributed by atoms with E-state index in [-0.39, 0.29) is 0 Å². The molecular formula is C11H14N2O. The van der Waals surface area contributed by atoms with Crippen molar-refractivity contribution in [2.24, 2.45) is 5.73 Å². The molecule has 0 aromatic carbocycles. The number of terminal acetylenes is 1. The van der Waals surface area contributed by atoms with Crippen LogP contribution in [-0.4, -0.2) is 11.6 Å². The lowest BCUT2D eigenvalue weighted by molar-refractivity contribution is 0.311. The summed E-state index contributed by atoms with van der Waals surface area (Å²) in [5, 5.41) is 0. The van der Waals surface area contributed by atoms with Crippen LogP contribution in [0.3, 0.4) is 0 Å². The van der Waals surface area contributed by atoms with Crippen LogP contribution in [0.2, 0.25) is 0 Å². The molecule has 0 radical (unpaired) electrons. The number of unbranched alkanes of at least 4 members (excludes halogenated alkanes) is 1. The second kappa shape index (κ2) is 6.01. The summed E-state index contributed by atoms with van der Waals surface area (Å²) in [5.41, 5.74) is 6.28. The maximum Gasteiger partial charge on any atom is 0.137 e. The number of hydrogen-bond donors (Lipinski definition) is 1. The number of rotatable bonds is 5. The van der Waals surface area contributed by atoms with Gasteiger partial charge in [0.15, 0.2) is 0 Å². The van der Waals surface area contributed by atoms with E-state index in [4.69, 9.17) is 16.9 Å². The van der Waals surface area contributed by atoms with E-state index in [0.717, 1.165) is 24.3 Å². The Kier molecular flexibility index (Phi) is 4.53. The minimum Gasteiger partial charge on any atom is -0.492 e. The molecule has 0 fully saturated rings. The normalized spacial score (nSPS) is 9.43. The summed E-state index contributed by atoms with van der Waals surface area (Å²) in [6.07, 6.45) is 8.41. The number of hydrogen-bond acceptors (Lipinski definition) is 3. The molecule has 0 aliphatic carbocycles. The zero-order chi connectivity index (χ0) is 10.2. The van der Waals surface area contributed by atoms with E-state index >= 15 is 0 Å². The molecule has 0 saturated carbocycles. The number of nitrogens with two attached hydrogens (primary N) is 1. The Morgan fingerprint density at radius 2 is 2.36 bits per heavy atom. The van der Waals surface area contributed by atoms with Crippen molar-refractivity contribution in [1.29, 1.82) is 0 Å². The van der Waals surface area contributed by atoms with E-state index in [2.05, 4.69) is 10.9 Å². The van der Waals surface area contributed by atoms with E-state index in [1.54, 1.807) is 6.20 Å². The third-order valence-electron chi connectivity index (χ3n) is 1.74. The molecule has 0 saturated heterocycles. The lowest BCUT2D eigenvalue weighted by Gasteiger charge is -2.04. The third kappa shape index (κ3) is 3.46. The Balaban J connectivity index is 2.33. The van der Waals surface area contributed by atoms with Gasteiger partial charge in [0, 0.05) is 13.0 Å². The van der Waals surface area contributed by atoms with Crippen LogP contribution in [-0.2, 0) is 6.54 Å². The Morgan fingerprint density at radius 3 is 2.93 bits per heavy atom. The molecular weight excluding hydrogens is 176 g/mol. The molecule has 3 heteroatoms. The summed E-state index contributed by atoms with van der Waals surface area (Å²) in [6, 6.07) is 3.72. The second-order valence-electron chi connectivity index (χ2n) is 2.85. The summed E-state index contributed by atoms with van der Waals surface area (Å²) in [7, 11) is 0.